The number of carboxylic acids is 1. The highest BCUT2D eigenvalue weighted by atomic mass is 28.4. The minimum absolute atomic E-state index is 0.0127. The number of aliphatic carboxylic acids is 1. The van der Waals surface area contributed by atoms with Gasteiger partial charge in [-0.1, -0.05) is 101 Å². The van der Waals surface area contributed by atoms with E-state index in [2.05, 4.69) is 74.2 Å². The topological polar surface area (TPSA) is 138 Å². The number of rotatable bonds is 17. The zero-order valence-electron chi connectivity index (χ0n) is 38.6. The first-order chi connectivity index (χ1) is 30.6. The smallest absolute Gasteiger partial charge is 0.408 e. The van der Waals surface area contributed by atoms with Gasteiger partial charge in [0.05, 0.1) is 29.4 Å². The number of pyridine rings is 1. The molecule has 0 radical (unpaired) electrons. The summed E-state index contributed by atoms with van der Waals surface area (Å²) in [6, 6.07) is 27.5. The van der Waals surface area contributed by atoms with E-state index in [4.69, 9.17) is 18.3 Å². The third kappa shape index (κ3) is 10.7. The molecule has 6 aromatic rings. The number of fused-ring (bicyclic) bond motifs is 1. The minimum atomic E-state index is -3.38. The number of hydrogen-bond donors (Lipinski definition) is 2. The molecule has 0 aliphatic rings. The molecule has 2 unspecified atom stereocenters. The van der Waals surface area contributed by atoms with Crippen LogP contribution in [0.2, 0.25) is 5.04 Å². The van der Waals surface area contributed by atoms with E-state index in [1.54, 1.807) is 64.2 Å². The Morgan fingerprint density at radius 1 is 0.892 bits per heavy atom. The summed E-state index contributed by atoms with van der Waals surface area (Å²) in [5, 5.41) is 14.6. The third-order valence-corrected chi connectivity index (χ3v) is 16.3. The number of nitrogens with one attached hydrogen (secondary N) is 1. The number of oxazole rings is 1. The Kier molecular flexibility index (Phi) is 14.5. The SMILES string of the molecule is CO[C@@H](C)c1ncccc1-c1c(CC(C)(C)CO[Si](c2ccccc2)(c2ccccc2)C(C)(C)C)c2cc(-c3coc(CC(NC(=O)OC(C)(C)C)C(=O)O)n3)ccc2n1C(F)C(F)F. The van der Waals surface area contributed by atoms with Crippen LogP contribution >= 0.6 is 0 Å². The van der Waals surface area contributed by atoms with Gasteiger partial charge in [0.1, 0.15) is 23.6 Å². The molecule has 6 rings (SSSR count). The van der Waals surface area contributed by atoms with Crippen molar-refractivity contribution in [3.63, 3.8) is 0 Å². The molecule has 0 saturated carbocycles. The molecular weight excluding hydrogens is 854 g/mol. The van der Waals surface area contributed by atoms with E-state index in [1.165, 1.54) is 13.4 Å². The van der Waals surface area contributed by atoms with Crippen molar-refractivity contribution >= 4 is 41.7 Å². The van der Waals surface area contributed by atoms with E-state index in [0.717, 1.165) is 14.9 Å². The second kappa shape index (κ2) is 19.4. The summed E-state index contributed by atoms with van der Waals surface area (Å²) >= 11 is 0. The number of carbonyl (C=O) groups is 2. The second-order valence-corrected chi connectivity index (χ2v) is 23.4. The first-order valence-corrected chi connectivity index (χ1v) is 23.5. The Morgan fingerprint density at radius 3 is 2.08 bits per heavy atom. The maximum absolute atomic E-state index is 16.4. The molecule has 0 spiro atoms. The van der Waals surface area contributed by atoms with Crippen LogP contribution in [0.3, 0.4) is 0 Å². The van der Waals surface area contributed by atoms with Crippen LogP contribution in [0.1, 0.15) is 91.9 Å². The molecule has 3 heterocycles. The number of alkyl carbamates (subject to hydrolysis) is 1. The van der Waals surface area contributed by atoms with Crippen LogP contribution in [0.15, 0.2) is 108 Å². The highest BCUT2D eigenvalue weighted by Crippen LogP contribution is 2.45. The van der Waals surface area contributed by atoms with Crippen LogP contribution in [-0.2, 0) is 31.5 Å². The Hall–Kier alpha value is -5.77. The fourth-order valence-corrected chi connectivity index (χ4v) is 13.2. The summed E-state index contributed by atoms with van der Waals surface area (Å²) in [7, 11) is -1.51. The summed E-state index contributed by atoms with van der Waals surface area (Å²) in [5.41, 5.74) is 1.16. The molecule has 0 saturated heterocycles. The number of amides is 1. The van der Waals surface area contributed by atoms with E-state index in [9.17, 15) is 23.5 Å². The lowest BCUT2D eigenvalue weighted by Gasteiger charge is -2.44. The van der Waals surface area contributed by atoms with Gasteiger partial charge in [-0.15, -0.1) is 0 Å². The summed E-state index contributed by atoms with van der Waals surface area (Å²) < 4.78 is 71.2. The lowest BCUT2D eigenvalue weighted by molar-refractivity contribution is -0.139. The standard InChI is InChI=1S/C50H59F3N4O7Si/c1-31(61-10)42-35(22-17-25-54-42)43-37(28-50(8,9)30-63-65(49(5,6)7,33-18-13-11-14-19-33)34-20-15-12-16-21-34)36-26-32(23-24-40(36)57(43)45(53)44(51)52)39-29-62-41(55-39)27-38(46(58)59)56-47(60)64-48(2,3)4/h11-26,29,31,38,44-45H,27-28,30H2,1-10H3,(H,56,60)(H,58,59)/t31-,38?,45?/m0/s1. The van der Waals surface area contributed by atoms with Crippen LogP contribution in [0.25, 0.3) is 33.4 Å². The van der Waals surface area contributed by atoms with E-state index in [-0.39, 0.29) is 41.6 Å². The largest absolute Gasteiger partial charge is 0.480 e. The van der Waals surface area contributed by atoms with E-state index < -0.39 is 56.3 Å². The van der Waals surface area contributed by atoms with Gasteiger partial charge in [0.25, 0.3) is 14.7 Å². The van der Waals surface area contributed by atoms with Crippen LogP contribution in [0, 0.1) is 5.41 Å². The predicted molar refractivity (Wildman–Crippen MR) is 248 cm³/mol. The average molecular weight is 913 g/mol. The van der Waals surface area contributed by atoms with E-state index in [0.29, 0.717) is 33.5 Å². The molecule has 3 aromatic heterocycles. The van der Waals surface area contributed by atoms with Crippen molar-refractivity contribution in [3.05, 3.63) is 121 Å². The number of nitrogens with zero attached hydrogens (tertiary/aromatic N) is 3. The number of methoxy groups -OCH3 is 1. The minimum Gasteiger partial charge on any atom is -0.480 e. The molecule has 15 heteroatoms. The molecule has 346 valence electrons. The number of benzene rings is 3. The van der Waals surface area contributed by atoms with Crippen LogP contribution < -0.4 is 15.7 Å². The Bertz CT molecular complexity index is 2550. The summed E-state index contributed by atoms with van der Waals surface area (Å²) in [5.74, 6) is -1.31. The fourth-order valence-electron chi connectivity index (χ4n) is 8.39. The van der Waals surface area contributed by atoms with Crippen LogP contribution in [-0.4, -0.2) is 71.8 Å². The van der Waals surface area contributed by atoms with Crippen molar-refractivity contribution in [2.24, 2.45) is 5.41 Å². The normalized spacial score (nSPS) is 14.1. The Balaban J connectivity index is 1.50. The van der Waals surface area contributed by atoms with Crippen molar-refractivity contribution in [2.75, 3.05) is 13.7 Å². The second-order valence-electron chi connectivity index (χ2n) is 19.1. The molecule has 2 N–H and O–H groups in total. The van der Waals surface area contributed by atoms with Gasteiger partial charge in [0.15, 0.2) is 5.89 Å². The fraction of sp³-hybridized carbons (Fsp3) is 0.400. The average Bonchev–Trinajstić information content (AvgIpc) is 3.84. The van der Waals surface area contributed by atoms with E-state index >= 15 is 4.39 Å². The van der Waals surface area contributed by atoms with Gasteiger partial charge in [0, 0.05) is 36.4 Å². The Morgan fingerprint density at radius 2 is 1.52 bits per heavy atom. The molecular formula is C50H59F3N4O7Si. The van der Waals surface area contributed by atoms with Gasteiger partial charge in [-0.25, -0.2) is 27.7 Å². The molecule has 0 aliphatic heterocycles. The first-order valence-electron chi connectivity index (χ1n) is 21.6. The van der Waals surface area contributed by atoms with Crippen LogP contribution in [0.5, 0.6) is 0 Å². The zero-order chi connectivity index (χ0) is 47.5. The molecule has 3 atom stereocenters. The lowest BCUT2D eigenvalue weighted by atomic mass is 9.84. The van der Waals surface area contributed by atoms with Crippen molar-refractivity contribution in [1.82, 2.24) is 19.9 Å². The number of aromatic nitrogens is 3. The highest BCUT2D eigenvalue weighted by Gasteiger charge is 2.51. The molecule has 0 fully saturated rings. The number of alkyl halides is 3. The van der Waals surface area contributed by atoms with Gasteiger partial charge < -0.3 is 33.3 Å². The molecule has 0 aliphatic carbocycles. The maximum atomic E-state index is 16.4. The van der Waals surface area contributed by atoms with Crippen molar-refractivity contribution in [1.29, 1.82) is 0 Å². The summed E-state index contributed by atoms with van der Waals surface area (Å²) in [4.78, 5) is 33.8. The van der Waals surface area contributed by atoms with Gasteiger partial charge in [-0.2, -0.15) is 0 Å². The van der Waals surface area contributed by atoms with E-state index in [1.807, 2.05) is 36.4 Å². The molecule has 3 aromatic carbocycles. The zero-order valence-corrected chi connectivity index (χ0v) is 39.6. The number of carbonyl (C=O) groups excluding carboxylic acids is 1. The number of carboxylic acid groups (broad SMARTS) is 1. The van der Waals surface area contributed by atoms with Gasteiger partial charge >= 0.3 is 12.1 Å². The maximum Gasteiger partial charge on any atom is 0.408 e. The third-order valence-electron chi connectivity index (χ3n) is 11.4. The van der Waals surface area contributed by atoms with Gasteiger partial charge in [0.2, 0.25) is 6.30 Å². The molecule has 1 amide bonds. The first kappa shape index (κ1) is 48.7. The quantitative estimate of drug-likeness (QED) is 0.0857. The number of hydrogen-bond acceptors (Lipinski definition) is 8. The van der Waals surface area contributed by atoms with Gasteiger partial charge in [-0.3, -0.25) is 4.98 Å². The predicted octanol–water partition coefficient (Wildman–Crippen LogP) is 10.5. The Labute approximate surface area is 379 Å². The van der Waals surface area contributed by atoms with Crippen molar-refractivity contribution in [2.45, 2.75) is 111 Å². The molecule has 65 heavy (non-hydrogen) atoms. The molecule has 0 bridgehead atoms. The monoisotopic (exact) mass is 912 g/mol. The number of halogens is 3. The number of ether oxygens (including phenoxy) is 2. The van der Waals surface area contributed by atoms with Crippen molar-refractivity contribution < 1.29 is 46.2 Å². The lowest BCUT2D eigenvalue weighted by Crippen LogP contribution is -2.67. The van der Waals surface area contributed by atoms with Crippen molar-refractivity contribution in [3.8, 4) is 22.5 Å². The van der Waals surface area contributed by atoms with Gasteiger partial charge in [-0.05, 0) is 84.8 Å². The highest BCUT2D eigenvalue weighted by molar-refractivity contribution is 6.99. The summed E-state index contributed by atoms with van der Waals surface area (Å²) in [6.07, 6.45) is -4.73. The molecule has 11 nitrogen and oxygen atoms in total. The summed E-state index contributed by atoms with van der Waals surface area (Å²) in [6.45, 7) is 17.7. The van der Waals surface area contributed by atoms with Crippen LogP contribution in [0.4, 0.5) is 18.0 Å².